The Morgan fingerprint density at radius 2 is 2.29 bits per heavy atom. The lowest BCUT2D eigenvalue weighted by molar-refractivity contribution is -0.119. The molecule has 78 valence electrons. The third-order valence-electron chi connectivity index (χ3n) is 2.04. The molecule has 1 aromatic rings. The minimum atomic E-state index is 0.262. The minimum absolute atomic E-state index is 0.262. The number of imidazole rings is 1. The van der Waals surface area contributed by atoms with Crippen molar-refractivity contribution in [2.24, 2.45) is 7.05 Å². The molecule has 1 heterocycles. The number of likely N-dealkylation sites (N-methyl/N-ethyl adjacent to an activating group) is 1. The van der Waals surface area contributed by atoms with Crippen LogP contribution in [-0.2, 0) is 18.3 Å². The number of hydrogen-bond donors (Lipinski definition) is 0. The summed E-state index contributed by atoms with van der Waals surface area (Å²) in [4.78, 5) is 17.4. The van der Waals surface area contributed by atoms with Crippen molar-refractivity contribution in [3.05, 3.63) is 18.2 Å². The molecule has 0 aliphatic heterocycles. The summed E-state index contributed by atoms with van der Waals surface area (Å²) in [6.07, 6.45) is 4.96. The predicted octanol–water partition coefficient (Wildman–Crippen LogP) is 0.483. The predicted molar refractivity (Wildman–Crippen MR) is 55.1 cm³/mol. The van der Waals surface area contributed by atoms with Gasteiger partial charge in [-0.15, -0.1) is 0 Å². The maximum atomic E-state index is 11.4. The van der Waals surface area contributed by atoms with Crippen molar-refractivity contribution >= 4 is 5.78 Å². The van der Waals surface area contributed by atoms with Gasteiger partial charge in [-0.1, -0.05) is 0 Å². The summed E-state index contributed by atoms with van der Waals surface area (Å²) in [6.45, 7) is 0.518. The summed E-state index contributed by atoms with van der Waals surface area (Å²) in [7, 11) is 5.75. The van der Waals surface area contributed by atoms with Crippen molar-refractivity contribution in [3.8, 4) is 0 Å². The molecule has 1 rings (SSSR count). The van der Waals surface area contributed by atoms with Gasteiger partial charge in [-0.2, -0.15) is 0 Å². The van der Waals surface area contributed by atoms with E-state index in [0.29, 0.717) is 13.0 Å². The highest BCUT2D eigenvalue weighted by atomic mass is 16.1. The second-order valence-electron chi connectivity index (χ2n) is 3.73. The molecule has 0 N–H and O–H groups in total. The van der Waals surface area contributed by atoms with Gasteiger partial charge in [0.15, 0.2) is 0 Å². The first kappa shape index (κ1) is 10.9. The van der Waals surface area contributed by atoms with Crippen molar-refractivity contribution in [1.82, 2.24) is 14.5 Å². The molecule has 0 fully saturated rings. The second-order valence-corrected chi connectivity index (χ2v) is 3.73. The first-order valence-corrected chi connectivity index (χ1v) is 4.72. The summed E-state index contributed by atoms with van der Waals surface area (Å²) in [5.41, 5.74) is 0. The Labute approximate surface area is 84.5 Å². The largest absolute Gasteiger partial charge is 0.338 e. The molecule has 0 aliphatic carbocycles. The fourth-order valence-corrected chi connectivity index (χ4v) is 1.32. The van der Waals surface area contributed by atoms with E-state index in [2.05, 4.69) is 4.98 Å². The monoisotopic (exact) mass is 195 g/mol. The molecule has 0 atom stereocenters. The van der Waals surface area contributed by atoms with Gasteiger partial charge in [-0.3, -0.25) is 4.79 Å². The Morgan fingerprint density at radius 1 is 1.57 bits per heavy atom. The maximum absolute atomic E-state index is 11.4. The minimum Gasteiger partial charge on any atom is -0.338 e. The number of carbonyl (C=O) groups excluding carboxylic acids is 1. The molecule has 0 amide bonds. The first-order valence-electron chi connectivity index (χ1n) is 4.72. The maximum Gasteiger partial charge on any atom is 0.147 e. The smallest absolute Gasteiger partial charge is 0.147 e. The van der Waals surface area contributed by atoms with Crippen LogP contribution in [0.1, 0.15) is 12.2 Å². The lowest BCUT2D eigenvalue weighted by atomic mass is 10.2. The van der Waals surface area contributed by atoms with Crippen LogP contribution in [0.4, 0.5) is 0 Å². The van der Waals surface area contributed by atoms with E-state index >= 15 is 0 Å². The Hall–Kier alpha value is -1.16. The number of hydrogen-bond acceptors (Lipinski definition) is 3. The van der Waals surface area contributed by atoms with Gasteiger partial charge in [-0.25, -0.2) is 4.98 Å². The van der Waals surface area contributed by atoms with Crippen molar-refractivity contribution in [1.29, 1.82) is 0 Å². The first-order chi connectivity index (χ1) is 6.59. The normalized spacial score (nSPS) is 10.9. The third kappa shape index (κ3) is 3.30. The molecular weight excluding hydrogens is 178 g/mol. The zero-order chi connectivity index (χ0) is 10.6. The van der Waals surface area contributed by atoms with E-state index < -0.39 is 0 Å². The summed E-state index contributed by atoms with van der Waals surface area (Å²) in [6, 6.07) is 0. The fourth-order valence-electron chi connectivity index (χ4n) is 1.32. The molecule has 0 spiro atoms. The quantitative estimate of drug-likeness (QED) is 0.686. The Morgan fingerprint density at radius 3 is 2.79 bits per heavy atom. The van der Waals surface area contributed by atoms with E-state index in [9.17, 15) is 4.79 Å². The number of nitrogens with zero attached hydrogens (tertiary/aromatic N) is 3. The summed E-state index contributed by atoms with van der Waals surface area (Å²) < 4.78 is 1.95. The molecule has 14 heavy (non-hydrogen) atoms. The van der Waals surface area contributed by atoms with Gasteiger partial charge >= 0.3 is 0 Å². The highest BCUT2D eigenvalue weighted by Gasteiger charge is 2.06. The number of ketones is 1. The third-order valence-corrected chi connectivity index (χ3v) is 2.04. The van der Waals surface area contributed by atoms with E-state index in [1.165, 1.54) is 0 Å². The molecule has 0 unspecified atom stereocenters. The van der Waals surface area contributed by atoms with E-state index in [0.717, 1.165) is 12.2 Å². The molecule has 4 nitrogen and oxygen atoms in total. The summed E-state index contributed by atoms with van der Waals surface area (Å²) in [5, 5.41) is 0. The van der Waals surface area contributed by atoms with Crippen LogP contribution >= 0.6 is 0 Å². The van der Waals surface area contributed by atoms with Crippen molar-refractivity contribution < 1.29 is 4.79 Å². The van der Waals surface area contributed by atoms with Crippen LogP contribution in [0.2, 0.25) is 0 Å². The van der Waals surface area contributed by atoms with Gasteiger partial charge in [0.05, 0.1) is 6.54 Å². The van der Waals surface area contributed by atoms with Crippen LogP contribution in [-0.4, -0.2) is 40.9 Å². The lowest BCUT2D eigenvalue weighted by Gasteiger charge is -2.07. The molecule has 1 aromatic heterocycles. The van der Waals surface area contributed by atoms with Crippen LogP contribution < -0.4 is 0 Å². The van der Waals surface area contributed by atoms with Crippen LogP contribution in [0.25, 0.3) is 0 Å². The van der Waals surface area contributed by atoms with E-state index in [1.807, 2.05) is 36.8 Å². The SMILES string of the molecule is CN(C)CC(=O)CCc1nccn1C. The van der Waals surface area contributed by atoms with Gasteiger partial charge in [0.25, 0.3) is 0 Å². The summed E-state index contributed by atoms with van der Waals surface area (Å²) >= 11 is 0. The van der Waals surface area contributed by atoms with Gasteiger partial charge in [0, 0.05) is 32.3 Å². The Bertz CT molecular complexity index is 304. The molecule has 4 heteroatoms. The lowest BCUT2D eigenvalue weighted by Crippen LogP contribution is -2.22. The Kier molecular flexibility index (Phi) is 3.83. The average molecular weight is 195 g/mol. The van der Waals surface area contributed by atoms with Gasteiger partial charge < -0.3 is 9.47 Å². The molecule has 0 bridgehead atoms. The van der Waals surface area contributed by atoms with Gasteiger partial charge in [-0.05, 0) is 14.1 Å². The van der Waals surface area contributed by atoms with Crippen LogP contribution in [0.5, 0.6) is 0 Å². The number of rotatable bonds is 5. The highest BCUT2D eigenvalue weighted by molar-refractivity contribution is 5.80. The zero-order valence-electron chi connectivity index (χ0n) is 9.03. The van der Waals surface area contributed by atoms with Gasteiger partial charge in [0.2, 0.25) is 0 Å². The molecule has 0 aromatic carbocycles. The number of Topliss-reactive ketones (excluding diaryl/α,β-unsaturated/α-hetero) is 1. The standard InChI is InChI=1S/C10H17N3O/c1-12(2)8-9(14)4-5-10-11-6-7-13(10)3/h6-7H,4-5,8H2,1-3H3. The molecule has 0 saturated carbocycles. The van der Waals surface area contributed by atoms with Crippen molar-refractivity contribution in [3.63, 3.8) is 0 Å². The highest BCUT2D eigenvalue weighted by Crippen LogP contribution is 1.99. The second kappa shape index (κ2) is 4.91. The van der Waals surface area contributed by atoms with Crippen LogP contribution in [0, 0.1) is 0 Å². The Balaban J connectivity index is 2.34. The van der Waals surface area contributed by atoms with E-state index in [4.69, 9.17) is 0 Å². The molecule has 0 saturated heterocycles. The topological polar surface area (TPSA) is 38.1 Å². The fraction of sp³-hybridized carbons (Fsp3) is 0.600. The van der Waals surface area contributed by atoms with Crippen LogP contribution in [0.15, 0.2) is 12.4 Å². The molecule has 0 aliphatic rings. The van der Waals surface area contributed by atoms with Gasteiger partial charge in [0.1, 0.15) is 11.6 Å². The van der Waals surface area contributed by atoms with Crippen LogP contribution in [0.3, 0.4) is 0 Å². The average Bonchev–Trinajstić information content (AvgIpc) is 2.46. The number of aromatic nitrogens is 2. The number of carbonyl (C=O) groups is 1. The summed E-state index contributed by atoms with van der Waals surface area (Å²) in [5.74, 6) is 1.23. The molecular formula is C10H17N3O. The number of aryl methyl sites for hydroxylation is 2. The van der Waals surface area contributed by atoms with E-state index in [-0.39, 0.29) is 5.78 Å². The molecule has 0 radical (unpaired) electrons. The zero-order valence-corrected chi connectivity index (χ0v) is 9.03. The van der Waals surface area contributed by atoms with Crippen molar-refractivity contribution in [2.75, 3.05) is 20.6 Å². The van der Waals surface area contributed by atoms with E-state index in [1.54, 1.807) is 6.20 Å². The van der Waals surface area contributed by atoms with Crippen molar-refractivity contribution in [2.45, 2.75) is 12.8 Å².